The predicted octanol–water partition coefficient (Wildman–Crippen LogP) is 2.94. The molecule has 4 nitrogen and oxygen atoms in total. The fraction of sp³-hybridized carbons (Fsp3) is 0.235. The third-order valence-corrected chi connectivity index (χ3v) is 4.47. The van der Waals surface area contributed by atoms with Crippen molar-refractivity contribution >= 4 is 15.8 Å². The van der Waals surface area contributed by atoms with E-state index in [1.165, 1.54) is 12.1 Å². The molecule has 0 fully saturated rings. The van der Waals surface area contributed by atoms with Gasteiger partial charge in [-0.3, -0.25) is 4.79 Å². The molecule has 22 heavy (non-hydrogen) atoms. The van der Waals surface area contributed by atoms with Crippen molar-refractivity contribution in [3.8, 4) is 0 Å². The van der Waals surface area contributed by atoms with Gasteiger partial charge in [0.15, 0.2) is 9.84 Å². The van der Waals surface area contributed by atoms with E-state index in [0.717, 1.165) is 11.8 Å². The Kier molecular flexibility index (Phi) is 4.98. The van der Waals surface area contributed by atoms with Gasteiger partial charge in [0.25, 0.3) is 0 Å². The van der Waals surface area contributed by atoms with Crippen molar-refractivity contribution in [2.24, 2.45) is 0 Å². The number of sulfone groups is 1. The van der Waals surface area contributed by atoms with Crippen LogP contribution in [0.2, 0.25) is 0 Å². The van der Waals surface area contributed by atoms with Crippen molar-refractivity contribution in [1.82, 2.24) is 0 Å². The molecule has 0 amide bonds. The number of hydrogen-bond acceptors (Lipinski definition) is 4. The van der Waals surface area contributed by atoms with Crippen molar-refractivity contribution in [3.63, 3.8) is 0 Å². The molecule has 0 bridgehead atoms. The number of rotatable bonds is 5. The molecule has 0 spiro atoms. The fourth-order valence-corrected chi connectivity index (χ4v) is 2.68. The number of ether oxygens (including phenoxy) is 1. The lowest BCUT2D eigenvalue weighted by molar-refractivity contribution is -0.146. The Morgan fingerprint density at radius 1 is 1.09 bits per heavy atom. The standard InChI is InChI=1S/C17H18O4S/c1-13(15-9-6-10-16(11-15)22(2,19)20)17(18)21-12-14-7-4-3-5-8-14/h3-11,13H,12H2,1-2H3. The molecule has 0 aliphatic heterocycles. The highest BCUT2D eigenvalue weighted by Crippen LogP contribution is 2.21. The summed E-state index contributed by atoms with van der Waals surface area (Å²) < 4.78 is 28.4. The van der Waals surface area contributed by atoms with Crippen LogP contribution in [0.25, 0.3) is 0 Å². The first kappa shape index (κ1) is 16.2. The Morgan fingerprint density at radius 2 is 1.77 bits per heavy atom. The predicted molar refractivity (Wildman–Crippen MR) is 84.2 cm³/mol. The fourth-order valence-electron chi connectivity index (χ4n) is 2.00. The van der Waals surface area contributed by atoms with Crippen LogP contribution >= 0.6 is 0 Å². The molecule has 2 aromatic carbocycles. The van der Waals surface area contributed by atoms with Crippen LogP contribution in [-0.4, -0.2) is 20.6 Å². The van der Waals surface area contributed by atoms with Gasteiger partial charge in [0.2, 0.25) is 0 Å². The molecule has 1 unspecified atom stereocenters. The van der Waals surface area contributed by atoms with E-state index in [2.05, 4.69) is 0 Å². The largest absolute Gasteiger partial charge is 0.460 e. The molecule has 116 valence electrons. The van der Waals surface area contributed by atoms with Crippen LogP contribution in [0.4, 0.5) is 0 Å². The summed E-state index contributed by atoms with van der Waals surface area (Å²) in [6.07, 6.45) is 1.14. The van der Waals surface area contributed by atoms with E-state index in [1.807, 2.05) is 30.3 Å². The normalized spacial score (nSPS) is 12.6. The Labute approximate surface area is 130 Å². The van der Waals surface area contributed by atoms with Gasteiger partial charge in [0.1, 0.15) is 6.61 Å². The molecule has 0 saturated heterocycles. The van der Waals surface area contributed by atoms with Gasteiger partial charge in [0.05, 0.1) is 10.8 Å². The maximum absolute atomic E-state index is 12.1. The number of hydrogen-bond donors (Lipinski definition) is 0. The van der Waals surface area contributed by atoms with Gasteiger partial charge in [-0.05, 0) is 30.2 Å². The van der Waals surface area contributed by atoms with Crippen molar-refractivity contribution in [3.05, 3.63) is 65.7 Å². The average molecular weight is 318 g/mol. The van der Waals surface area contributed by atoms with Gasteiger partial charge in [-0.2, -0.15) is 0 Å². The maximum atomic E-state index is 12.1. The zero-order chi connectivity index (χ0) is 16.2. The zero-order valence-electron chi connectivity index (χ0n) is 12.5. The van der Waals surface area contributed by atoms with Gasteiger partial charge in [-0.1, -0.05) is 42.5 Å². The molecular formula is C17H18O4S. The van der Waals surface area contributed by atoms with E-state index < -0.39 is 15.8 Å². The van der Waals surface area contributed by atoms with Gasteiger partial charge in [-0.15, -0.1) is 0 Å². The summed E-state index contributed by atoms with van der Waals surface area (Å²) >= 11 is 0. The van der Waals surface area contributed by atoms with Crippen LogP contribution in [0.5, 0.6) is 0 Å². The second-order valence-electron chi connectivity index (χ2n) is 5.16. The van der Waals surface area contributed by atoms with Crippen molar-refractivity contribution in [2.45, 2.75) is 24.3 Å². The summed E-state index contributed by atoms with van der Waals surface area (Å²) in [7, 11) is -3.29. The summed E-state index contributed by atoms with van der Waals surface area (Å²) in [6.45, 7) is 1.91. The third-order valence-electron chi connectivity index (χ3n) is 3.36. The molecule has 0 saturated carbocycles. The highest BCUT2D eigenvalue weighted by Gasteiger charge is 2.18. The minimum atomic E-state index is -3.29. The van der Waals surface area contributed by atoms with Crippen LogP contribution in [0.15, 0.2) is 59.5 Å². The molecule has 0 N–H and O–H groups in total. The topological polar surface area (TPSA) is 60.4 Å². The summed E-state index contributed by atoms with van der Waals surface area (Å²) in [6, 6.07) is 15.8. The molecular weight excluding hydrogens is 300 g/mol. The van der Waals surface area contributed by atoms with Gasteiger partial charge in [-0.25, -0.2) is 8.42 Å². The lowest BCUT2D eigenvalue weighted by Crippen LogP contribution is -2.13. The lowest BCUT2D eigenvalue weighted by Gasteiger charge is -2.12. The van der Waals surface area contributed by atoms with E-state index in [-0.39, 0.29) is 17.5 Å². The number of carbonyl (C=O) groups is 1. The van der Waals surface area contributed by atoms with Crippen molar-refractivity contribution in [2.75, 3.05) is 6.26 Å². The number of esters is 1. The number of carbonyl (C=O) groups excluding carboxylic acids is 1. The summed E-state index contributed by atoms with van der Waals surface area (Å²) in [4.78, 5) is 12.3. The first-order chi connectivity index (χ1) is 10.4. The molecule has 2 rings (SSSR count). The van der Waals surface area contributed by atoms with E-state index in [9.17, 15) is 13.2 Å². The monoisotopic (exact) mass is 318 g/mol. The molecule has 0 aliphatic carbocycles. The first-order valence-corrected chi connectivity index (χ1v) is 8.77. The molecule has 0 aromatic heterocycles. The molecule has 0 heterocycles. The van der Waals surface area contributed by atoms with E-state index >= 15 is 0 Å². The highest BCUT2D eigenvalue weighted by molar-refractivity contribution is 7.90. The van der Waals surface area contributed by atoms with Crippen molar-refractivity contribution < 1.29 is 17.9 Å². The van der Waals surface area contributed by atoms with Crippen LogP contribution in [-0.2, 0) is 26.0 Å². The Bertz CT molecular complexity index is 751. The van der Waals surface area contributed by atoms with Gasteiger partial charge >= 0.3 is 5.97 Å². The molecule has 0 aliphatic rings. The molecule has 2 aromatic rings. The Hall–Kier alpha value is -2.14. The van der Waals surface area contributed by atoms with Crippen LogP contribution in [0, 0.1) is 0 Å². The highest BCUT2D eigenvalue weighted by atomic mass is 32.2. The Balaban J connectivity index is 2.07. The Morgan fingerprint density at radius 3 is 2.41 bits per heavy atom. The van der Waals surface area contributed by atoms with Crippen LogP contribution in [0.3, 0.4) is 0 Å². The molecule has 0 radical (unpaired) electrons. The summed E-state index contributed by atoms with van der Waals surface area (Å²) in [5.41, 5.74) is 1.54. The summed E-state index contributed by atoms with van der Waals surface area (Å²) in [5.74, 6) is -0.903. The quantitative estimate of drug-likeness (QED) is 0.795. The maximum Gasteiger partial charge on any atom is 0.313 e. The summed E-state index contributed by atoms with van der Waals surface area (Å²) in [5, 5.41) is 0. The lowest BCUT2D eigenvalue weighted by atomic mass is 10.0. The van der Waals surface area contributed by atoms with Crippen LogP contribution in [0.1, 0.15) is 24.0 Å². The van der Waals surface area contributed by atoms with Gasteiger partial charge in [0, 0.05) is 6.26 Å². The van der Waals surface area contributed by atoms with Crippen LogP contribution < -0.4 is 0 Å². The first-order valence-electron chi connectivity index (χ1n) is 6.88. The van der Waals surface area contributed by atoms with Crippen molar-refractivity contribution in [1.29, 1.82) is 0 Å². The second kappa shape index (κ2) is 6.75. The second-order valence-corrected chi connectivity index (χ2v) is 7.18. The molecule has 1 atom stereocenters. The van der Waals surface area contributed by atoms with Gasteiger partial charge < -0.3 is 4.74 Å². The smallest absolute Gasteiger partial charge is 0.313 e. The SMILES string of the molecule is CC(C(=O)OCc1ccccc1)c1cccc(S(C)(=O)=O)c1. The molecule has 5 heteroatoms. The van der Waals surface area contributed by atoms with E-state index in [1.54, 1.807) is 19.1 Å². The van der Waals surface area contributed by atoms with E-state index in [0.29, 0.717) is 5.56 Å². The third kappa shape index (κ3) is 4.18. The average Bonchev–Trinajstić information content (AvgIpc) is 2.52. The number of benzene rings is 2. The van der Waals surface area contributed by atoms with E-state index in [4.69, 9.17) is 4.74 Å². The minimum absolute atomic E-state index is 0.202. The zero-order valence-corrected chi connectivity index (χ0v) is 13.3. The minimum Gasteiger partial charge on any atom is -0.460 e.